The molecule has 4 aliphatic rings. The molecule has 3 aliphatic carbocycles. The molecule has 0 saturated carbocycles. The number of ether oxygens (including phenoxy) is 6. The van der Waals surface area contributed by atoms with Crippen LogP contribution in [0, 0.1) is 17.5 Å². The van der Waals surface area contributed by atoms with Gasteiger partial charge in [-0.05, 0) is 267 Å². The quantitative estimate of drug-likeness (QED) is 0.0515. The van der Waals surface area contributed by atoms with Crippen molar-refractivity contribution in [3.8, 4) is 51.7 Å². The molecule has 0 bridgehead atoms. The van der Waals surface area contributed by atoms with Crippen LogP contribution < -0.4 is 28.4 Å². The van der Waals surface area contributed by atoms with Crippen LogP contribution in [0.2, 0.25) is 0 Å². The minimum Gasteiger partial charge on any atom is -0.502 e. The maximum Gasteiger partial charge on any atom is 0.200 e. The van der Waals surface area contributed by atoms with E-state index in [1.54, 1.807) is 79.4 Å². The van der Waals surface area contributed by atoms with Gasteiger partial charge in [0.05, 0.1) is 49.2 Å². The number of hydrogen-bond donors (Lipinski definition) is 3. The van der Waals surface area contributed by atoms with Crippen LogP contribution in [-0.2, 0) is 27.2 Å². The maximum atomic E-state index is 14.2. The summed E-state index contributed by atoms with van der Waals surface area (Å²) in [6.45, 7) is 6.55. The molecule has 1 aliphatic heterocycles. The van der Waals surface area contributed by atoms with E-state index in [4.69, 9.17) is 28.4 Å². The summed E-state index contributed by atoms with van der Waals surface area (Å²) in [5.74, 6) is 0.980. The molecule has 0 spiro atoms. The van der Waals surface area contributed by atoms with Crippen LogP contribution in [0.1, 0.15) is 127 Å². The number of hydrogen-bond acceptors (Lipinski definition) is 15. The summed E-state index contributed by atoms with van der Waals surface area (Å²) in [7, 11) is 8.87. The van der Waals surface area contributed by atoms with Crippen LogP contribution in [0.25, 0.3) is 51.7 Å². The lowest BCUT2D eigenvalue weighted by atomic mass is 9.97. The number of fused-ring (bicyclic) bond motifs is 3. The number of Topliss-reactive ketones (excluding diaryl/α,β-unsaturated/α-hetero) is 3. The molecule has 0 unspecified atom stereocenters. The van der Waals surface area contributed by atoms with Crippen molar-refractivity contribution in [3.63, 3.8) is 0 Å². The number of aromatic hydroxyl groups is 3. The van der Waals surface area contributed by atoms with Gasteiger partial charge in [-0.25, -0.2) is 13.2 Å². The van der Waals surface area contributed by atoms with Gasteiger partial charge in [-0.15, -0.1) is 0 Å². The van der Waals surface area contributed by atoms with Crippen molar-refractivity contribution in [1.29, 1.82) is 0 Å². The van der Waals surface area contributed by atoms with Crippen molar-refractivity contribution in [2.24, 2.45) is 4.99 Å². The van der Waals surface area contributed by atoms with E-state index in [1.165, 1.54) is 79.1 Å². The first-order valence-electron chi connectivity index (χ1n) is 32.8. The number of allylic oxidation sites excluding steroid dienone is 10. The Kier molecular flexibility index (Phi) is 23.5. The zero-order valence-corrected chi connectivity index (χ0v) is 57.7. The number of carbonyl (C=O) groups excluding carboxylic acids is 3. The first kappa shape index (κ1) is 72.2. The average molecular weight is 1370 g/mol. The van der Waals surface area contributed by atoms with Crippen LogP contribution in [0.15, 0.2) is 173 Å². The third-order valence-corrected chi connectivity index (χ3v) is 18.1. The summed E-state index contributed by atoms with van der Waals surface area (Å²) in [4.78, 5) is 50.1. The number of carbonyl (C=O) groups is 3. The topological polar surface area (TPSA) is 205 Å². The van der Waals surface area contributed by atoms with Crippen molar-refractivity contribution >= 4 is 75.2 Å². The van der Waals surface area contributed by atoms with Crippen LogP contribution >= 0.6 is 0 Å². The van der Waals surface area contributed by atoms with Gasteiger partial charge < -0.3 is 43.7 Å². The number of ketones is 3. The molecule has 0 saturated heterocycles. The Balaban J connectivity index is 0.000000163. The largest absolute Gasteiger partial charge is 0.502 e. The number of aliphatic imine (C=N–C) groups is 1. The second kappa shape index (κ2) is 32.9. The predicted octanol–water partition coefficient (Wildman–Crippen LogP) is 17.4. The second-order valence-corrected chi connectivity index (χ2v) is 24.5. The molecule has 12 rings (SSSR count). The standard InChI is InChI=1S/2C28H26FNO4.C27H26FNO4/c1-17-22(9-7-21(31)11-18-5-4-10-30-16-18)25-15-20(29)6-8-23(25)24(17)12-19-13-26(33-2)28(32)27(14-19)34-3;1-17-22(10-8-21(31)16-20-6-4-5-11-30-20)25-15-19(29)7-9-23(25)24(17)12-18-13-26(33-2)28(32)27(14-18)34-3;1-16-21(7-5-20(30)10-17-8-9-29-15-17)24-14-19(28)4-6-22(24)23(16)11-18-12-25(32-2)27(31)26(13-18)33-3/h4-6,8,10,12-16,32H,7,9,11H2,1-3H3;4-7,9,11-15,32H,8,10,16H2,1-3H3;4,6,8-9,11-14,31H,5,7,10,15H2,1-3H3/b2*24-12-;23-11-. The lowest BCUT2D eigenvalue weighted by molar-refractivity contribution is -0.119. The van der Waals surface area contributed by atoms with Gasteiger partial charge in [0.25, 0.3) is 0 Å². The van der Waals surface area contributed by atoms with Gasteiger partial charge in [0.15, 0.2) is 34.5 Å². The van der Waals surface area contributed by atoms with Crippen LogP contribution in [0.4, 0.5) is 13.2 Å². The first-order chi connectivity index (χ1) is 48.7. The molecular weight excluding hydrogens is 1290 g/mol. The Morgan fingerprint density at radius 3 is 1.15 bits per heavy atom. The SMILES string of the molecule is COc1cc(/C=C2/C(C)=C(CCC(=O)CC3=CC=NC3)c3cc(F)ccc32)cc(OC)c1O.COc1cc(/C=C2/C(C)=C(CCC(=O)Cc3ccccn3)c3cc(F)ccc32)cc(OC)c1O.COc1cc(/C=C2/C(C)=C(CCC(=O)Cc3cccnc3)c3cc(F)ccc32)cc(OC)c1O. The Morgan fingerprint density at radius 2 is 0.822 bits per heavy atom. The third-order valence-electron chi connectivity index (χ3n) is 18.1. The van der Waals surface area contributed by atoms with Crippen LogP contribution in [-0.4, -0.2) is 98.1 Å². The molecule has 0 atom stereocenters. The highest BCUT2D eigenvalue weighted by Crippen LogP contribution is 2.50. The number of benzene rings is 6. The summed E-state index contributed by atoms with van der Waals surface area (Å²) < 4.78 is 74.1. The number of pyridine rings is 2. The molecule has 2 aromatic heterocycles. The van der Waals surface area contributed by atoms with E-state index in [9.17, 15) is 42.9 Å². The highest BCUT2D eigenvalue weighted by molar-refractivity contribution is 6.08. The van der Waals surface area contributed by atoms with E-state index < -0.39 is 0 Å². The summed E-state index contributed by atoms with van der Waals surface area (Å²) in [5, 5.41) is 30.7. The molecule has 3 heterocycles. The summed E-state index contributed by atoms with van der Waals surface area (Å²) >= 11 is 0. The highest BCUT2D eigenvalue weighted by atomic mass is 19.1. The molecule has 0 amide bonds. The Bertz CT molecular complexity index is 4500. The maximum absolute atomic E-state index is 14.2. The van der Waals surface area contributed by atoms with Gasteiger partial charge in [-0.3, -0.25) is 29.3 Å². The fourth-order valence-electron chi connectivity index (χ4n) is 13.0. The van der Waals surface area contributed by atoms with E-state index in [1.807, 2.05) is 75.4 Å². The molecule has 3 N–H and O–H groups in total. The van der Waals surface area contributed by atoms with Gasteiger partial charge >= 0.3 is 0 Å². The number of aromatic nitrogens is 2. The number of methoxy groups -OCH3 is 6. The van der Waals surface area contributed by atoms with Crippen molar-refractivity contribution in [2.45, 2.75) is 78.6 Å². The molecule has 0 radical (unpaired) electrons. The lowest BCUT2D eigenvalue weighted by Crippen LogP contribution is -2.04. The molecule has 18 heteroatoms. The zero-order chi connectivity index (χ0) is 72.0. The van der Waals surface area contributed by atoms with E-state index >= 15 is 0 Å². The van der Waals surface area contributed by atoms with Crippen LogP contribution in [0.3, 0.4) is 0 Å². The summed E-state index contributed by atoms with van der Waals surface area (Å²) in [5.41, 5.74) is 18.7. The predicted molar refractivity (Wildman–Crippen MR) is 389 cm³/mol. The van der Waals surface area contributed by atoms with Crippen molar-refractivity contribution < 1.29 is 71.3 Å². The minimum atomic E-state index is -0.321. The monoisotopic (exact) mass is 1370 g/mol. The van der Waals surface area contributed by atoms with Gasteiger partial charge in [0.2, 0.25) is 17.2 Å². The molecule has 15 nitrogen and oxygen atoms in total. The Hall–Kier alpha value is -11.5. The normalized spacial score (nSPS) is 14.5. The fraction of sp³-hybridized carbons (Fsp3) is 0.229. The average Bonchev–Trinajstić information content (AvgIpc) is 1.64. The molecule has 0 fully saturated rings. The Morgan fingerprint density at radius 1 is 0.446 bits per heavy atom. The smallest absolute Gasteiger partial charge is 0.200 e. The number of nitrogens with zero attached hydrogens (tertiary/aromatic N) is 3. The molecule has 8 aromatic rings. The summed E-state index contributed by atoms with van der Waals surface area (Å²) in [6.07, 6.45) is 18.2. The van der Waals surface area contributed by atoms with Gasteiger partial charge in [0.1, 0.15) is 34.8 Å². The molecule has 6 aromatic carbocycles. The van der Waals surface area contributed by atoms with E-state index in [-0.39, 0.29) is 58.5 Å². The van der Waals surface area contributed by atoms with Crippen molar-refractivity contribution in [1.82, 2.24) is 9.97 Å². The fourth-order valence-corrected chi connectivity index (χ4v) is 13.0. The van der Waals surface area contributed by atoms with E-state index in [0.29, 0.717) is 92.4 Å². The lowest BCUT2D eigenvalue weighted by Gasteiger charge is -2.11. The number of halogens is 3. The zero-order valence-electron chi connectivity index (χ0n) is 57.7. The van der Waals surface area contributed by atoms with Crippen LogP contribution in [0.5, 0.6) is 51.7 Å². The number of phenolic OH excluding ortho intramolecular Hbond substituents is 3. The number of rotatable bonds is 24. The van der Waals surface area contributed by atoms with E-state index in [2.05, 4.69) is 15.0 Å². The second-order valence-electron chi connectivity index (χ2n) is 24.5. The van der Waals surface area contributed by atoms with Crippen molar-refractivity contribution in [2.75, 3.05) is 49.2 Å². The van der Waals surface area contributed by atoms with E-state index in [0.717, 1.165) is 117 Å². The van der Waals surface area contributed by atoms with Gasteiger partial charge in [-0.2, -0.15) is 0 Å². The first-order valence-corrected chi connectivity index (χ1v) is 32.8. The summed E-state index contributed by atoms with van der Waals surface area (Å²) in [6, 6.07) is 33.7. The van der Waals surface area contributed by atoms with Gasteiger partial charge in [-0.1, -0.05) is 30.3 Å². The minimum absolute atomic E-state index is 0.0645. The van der Waals surface area contributed by atoms with Crippen molar-refractivity contribution in [3.05, 3.63) is 247 Å². The highest BCUT2D eigenvalue weighted by Gasteiger charge is 2.29. The molecular formula is C83H78F3N3O12. The van der Waals surface area contributed by atoms with Gasteiger partial charge in [0, 0.05) is 69.0 Å². The Labute approximate surface area is 585 Å². The molecule has 101 heavy (non-hydrogen) atoms. The molecule has 518 valence electrons. The third kappa shape index (κ3) is 17.0. The number of phenols is 3.